The summed E-state index contributed by atoms with van der Waals surface area (Å²) in [6.45, 7) is 4.33. The molecule has 4 aromatic rings. The molecular formula is C25H26ClN5O3. The van der Waals surface area contributed by atoms with E-state index in [2.05, 4.69) is 20.4 Å². The molecule has 4 rings (SSSR count). The molecule has 2 heterocycles. The van der Waals surface area contributed by atoms with Gasteiger partial charge in [-0.15, -0.1) is 5.10 Å². The van der Waals surface area contributed by atoms with Crippen LogP contribution < -0.4 is 14.8 Å². The maximum atomic E-state index is 12.4. The summed E-state index contributed by atoms with van der Waals surface area (Å²) in [7, 11) is 3.20. The number of nitrogens with one attached hydrogen (secondary N) is 1. The van der Waals surface area contributed by atoms with Gasteiger partial charge in [0.25, 0.3) is 5.78 Å². The first kappa shape index (κ1) is 23.5. The Morgan fingerprint density at radius 2 is 1.79 bits per heavy atom. The van der Waals surface area contributed by atoms with E-state index in [1.807, 2.05) is 50.2 Å². The number of rotatable bonds is 8. The maximum Gasteiger partial charge on any atom is 0.253 e. The third kappa shape index (κ3) is 5.12. The Balaban J connectivity index is 1.52. The second kappa shape index (κ2) is 10.1. The highest BCUT2D eigenvalue weighted by Crippen LogP contribution is 2.28. The fourth-order valence-corrected chi connectivity index (χ4v) is 4.02. The monoisotopic (exact) mass is 479 g/mol. The number of benzene rings is 2. The SMILES string of the molecule is COc1cc(OC)cc(-c2nc3nc(C)c(CCC(=O)NCc4cccc(Cl)c4)c(C)n3n2)c1. The van der Waals surface area contributed by atoms with Gasteiger partial charge in [-0.3, -0.25) is 4.79 Å². The van der Waals surface area contributed by atoms with Crippen molar-refractivity contribution in [2.24, 2.45) is 0 Å². The normalized spacial score (nSPS) is 11.0. The van der Waals surface area contributed by atoms with Crippen LogP contribution in [-0.2, 0) is 17.8 Å². The summed E-state index contributed by atoms with van der Waals surface area (Å²) < 4.78 is 12.4. The summed E-state index contributed by atoms with van der Waals surface area (Å²) in [4.78, 5) is 21.7. The van der Waals surface area contributed by atoms with Gasteiger partial charge < -0.3 is 14.8 Å². The quantitative estimate of drug-likeness (QED) is 0.404. The average Bonchev–Trinajstić information content (AvgIpc) is 3.26. The molecule has 2 aromatic carbocycles. The Morgan fingerprint density at radius 3 is 2.47 bits per heavy atom. The van der Waals surface area contributed by atoms with Crippen molar-refractivity contribution in [2.75, 3.05) is 14.2 Å². The van der Waals surface area contributed by atoms with Crippen molar-refractivity contribution >= 4 is 23.3 Å². The molecule has 0 aliphatic carbocycles. The van der Waals surface area contributed by atoms with Crippen molar-refractivity contribution in [3.8, 4) is 22.9 Å². The van der Waals surface area contributed by atoms with E-state index in [0.29, 0.717) is 47.5 Å². The topological polar surface area (TPSA) is 90.6 Å². The second-order valence-corrected chi connectivity index (χ2v) is 8.35. The number of hydrogen-bond acceptors (Lipinski definition) is 6. The number of nitrogens with zero attached hydrogens (tertiary/aromatic N) is 4. The fraction of sp³-hybridized carbons (Fsp3) is 0.280. The first-order chi connectivity index (χ1) is 16.4. The van der Waals surface area contributed by atoms with Gasteiger partial charge in [-0.1, -0.05) is 23.7 Å². The molecule has 0 saturated carbocycles. The van der Waals surface area contributed by atoms with Crippen LogP contribution in [0.25, 0.3) is 17.2 Å². The second-order valence-electron chi connectivity index (χ2n) is 7.92. The van der Waals surface area contributed by atoms with Gasteiger partial charge in [-0.2, -0.15) is 4.98 Å². The summed E-state index contributed by atoms with van der Waals surface area (Å²) in [5.41, 5.74) is 4.43. The highest BCUT2D eigenvalue weighted by Gasteiger charge is 2.16. The van der Waals surface area contributed by atoms with Gasteiger partial charge in [-0.05, 0) is 55.7 Å². The molecule has 0 bridgehead atoms. The molecule has 0 radical (unpaired) electrons. The van der Waals surface area contributed by atoms with E-state index in [-0.39, 0.29) is 5.91 Å². The van der Waals surface area contributed by atoms with E-state index in [9.17, 15) is 4.79 Å². The smallest absolute Gasteiger partial charge is 0.253 e. The highest BCUT2D eigenvalue weighted by atomic mass is 35.5. The minimum absolute atomic E-state index is 0.0402. The van der Waals surface area contributed by atoms with Crippen LogP contribution >= 0.6 is 11.6 Å². The number of carbonyl (C=O) groups excluding carboxylic acids is 1. The Morgan fingerprint density at radius 1 is 1.06 bits per heavy atom. The van der Waals surface area contributed by atoms with Crippen molar-refractivity contribution in [3.05, 3.63) is 70.0 Å². The molecular weight excluding hydrogens is 454 g/mol. The van der Waals surface area contributed by atoms with Crippen molar-refractivity contribution in [1.29, 1.82) is 0 Å². The lowest BCUT2D eigenvalue weighted by Crippen LogP contribution is -2.23. The van der Waals surface area contributed by atoms with Crippen LogP contribution in [0.2, 0.25) is 5.02 Å². The number of halogens is 1. The summed E-state index contributed by atoms with van der Waals surface area (Å²) in [5.74, 6) is 2.28. The van der Waals surface area contributed by atoms with Gasteiger partial charge in [0, 0.05) is 41.0 Å². The van der Waals surface area contributed by atoms with Crippen molar-refractivity contribution in [1.82, 2.24) is 24.9 Å². The van der Waals surface area contributed by atoms with Crippen molar-refractivity contribution in [3.63, 3.8) is 0 Å². The number of methoxy groups -OCH3 is 2. The Kier molecular flexibility index (Phi) is 6.98. The minimum Gasteiger partial charge on any atom is -0.497 e. The molecule has 0 aliphatic heterocycles. The number of carbonyl (C=O) groups is 1. The summed E-state index contributed by atoms with van der Waals surface area (Å²) in [6, 6.07) is 12.9. The van der Waals surface area contributed by atoms with Gasteiger partial charge in [0.05, 0.1) is 14.2 Å². The van der Waals surface area contributed by atoms with Crippen LogP contribution in [0.3, 0.4) is 0 Å². The maximum absolute atomic E-state index is 12.4. The van der Waals surface area contributed by atoms with Gasteiger partial charge in [0.2, 0.25) is 5.91 Å². The largest absolute Gasteiger partial charge is 0.497 e. The molecule has 8 nitrogen and oxygen atoms in total. The van der Waals surface area contributed by atoms with E-state index in [0.717, 1.165) is 28.1 Å². The highest BCUT2D eigenvalue weighted by molar-refractivity contribution is 6.30. The predicted molar refractivity (Wildman–Crippen MR) is 130 cm³/mol. The Hall–Kier alpha value is -3.65. The molecule has 0 spiro atoms. The lowest BCUT2D eigenvalue weighted by Gasteiger charge is -2.10. The molecule has 1 N–H and O–H groups in total. The van der Waals surface area contributed by atoms with Crippen LogP contribution in [0.1, 0.15) is 28.9 Å². The molecule has 0 saturated heterocycles. The van der Waals surface area contributed by atoms with E-state index in [1.54, 1.807) is 24.8 Å². The zero-order valence-corrected chi connectivity index (χ0v) is 20.3. The number of aromatic nitrogens is 4. The first-order valence-electron chi connectivity index (χ1n) is 10.9. The van der Waals surface area contributed by atoms with E-state index in [4.69, 9.17) is 21.1 Å². The number of fused-ring (bicyclic) bond motifs is 1. The minimum atomic E-state index is -0.0402. The molecule has 0 unspecified atom stereocenters. The third-order valence-corrected chi connectivity index (χ3v) is 5.87. The zero-order chi connectivity index (χ0) is 24.2. The van der Waals surface area contributed by atoms with Crippen LogP contribution in [0.4, 0.5) is 0 Å². The van der Waals surface area contributed by atoms with Crippen molar-refractivity contribution in [2.45, 2.75) is 33.2 Å². The van der Waals surface area contributed by atoms with Crippen LogP contribution in [0.15, 0.2) is 42.5 Å². The predicted octanol–water partition coefficient (Wildman–Crippen LogP) is 4.33. The van der Waals surface area contributed by atoms with Gasteiger partial charge in [-0.25, -0.2) is 9.50 Å². The number of hydrogen-bond donors (Lipinski definition) is 1. The molecule has 0 aliphatic rings. The van der Waals surface area contributed by atoms with Crippen LogP contribution in [-0.4, -0.2) is 39.7 Å². The third-order valence-electron chi connectivity index (χ3n) is 5.64. The molecule has 176 valence electrons. The average molecular weight is 480 g/mol. The number of ether oxygens (including phenoxy) is 2. The van der Waals surface area contributed by atoms with Crippen LogP contribution in [0, 0.1) is 13.8 Å². The van der Waals surface area contributed by atoms with Crippen LogP contribution in [0.5, 0.6) is 11.5 Å². The van der Waals surface area contributed by atoms with Gasteiger partial charge in [0.1, 0.15) is 11.5 Å². The lowest BCUT2D eigenvalue weighted by molar-refractivity contribution is -0.121. The standard InChI is InChI=1S/C25H26ClN5O3/c1-15-22(8-9-23(32)27-14-17-6-5-7-19(26)10-17)16(2)31-25(28-15)29-24(30-31)18-11-20(33-3)13-21(12-18)34-4/h5-7,10-13H,8-9,14H2,1-4H3,(H,27,32). The summed E-state index contributed by atoms with van der Waals surface area (Å²) in [5, 5.41) is 8.26. The molecule has 2 aromatic heterocycles. The Bertz CT molecular complexity index is 1330. The summed E-state index contributed by atoms with van der Waals surface area (Å²) in [6.07, 6.45) is 0.883. The Labute approximate surface area is 202 Å². The lowest BCUT2D eigenvalue weighted by atomic mass is 10.1. The van der Waals surface area contributed by atoms with Gasteiger partial charge in [0.15, 0.2) is 5.82 Å². The van der Waals surface area contributed by atoms with Gasteiger partial charge >= 0.3 is 0 Å². The van der Waals surface area contributed by atoms with E-state index in [1.165, 1.54) is 0 Å². The van der Waals surface area contributed by atoms with Crippen molar-refractivity contribution < 1.29 is 14.3 Å². The molecule has 0 fully saturated rings. The number of aryl methyl sites for hydroxylation is 2. The fourth-order valence-electron chi connectivity index (χ4n) is 3.80. The van der Waals surface area contributed by atoms with E-state index >= 15 is 0 Å². The molecule has 1 amide bonds. The molecule has 34 heavy (non-hydrogen) atoms. The van der Waals surface area contributed by atoms with E-state index < -0.39 is 0 Å². The molecule has 9 heteroatoms. The number of amides is 1. The first-order valence-corrected chi connectivity index (χ1v) is 11.2. The zero-order valence-electron chi connectivity index (χ0n) is 19.6. The molecule has 0 atom stereocenters. The summed E-state index contributed by atoms with van der Waals surface area (Å²) >= 11 is 6.01.